The topological polar surface area (TPSA) is 72.2 Å². The maximum Gasteiger partial charge on any atom is 0.261 e. The third kappa shape index (κ3) is 3.81. The fourth-order valence-electron chi connectivity index (χ4n) is 1.72. The Hall–Kier alpha value is -1.44. The minimum Gasteiger partial charge on any atom is -0.324 e. The van der Waals surface area contributed by atoms with Crippen LogP contribution in [0.4, 0.5) is 10.1 Å². The lowest BCUT2D eigenvalue weighted by molar-refractivity contribution is 0.600. The molecule has 0 aromatic heterocycles. The summed E-state index contributed by atoms with van der Waals surface area (Å²) in [6.45, 7) is 1.82. The van der Waals surface area contributed by atoms with Crippen molar-refractivity contribution in [1.29, 1.82) is 0 Å². The first-order valence-electron chi connectivity index (χ1n) is 6.13. The van der Waals surface area contributed by atoms with E-state index in [4.69, 9.17) is 5.73 Å². The number of hydrogen-bond donors (Lipinski definition) is 2. The molecule has 0 aliphatic carbocycles. The maximum absolute atomic E-state index is 13.1. The van der Waals surface area contributed by atoms with Crippen LogP contribution < -0.4 is 10.5 Å². The quantitative estimate of drug-likeness (QED) is 0.863. The van der Waals surface area contributed by atoms with Crippen LogP contribution in [0.5, 0.6) is 0 Å². The highest BCUT2D eigenvalue weighted by atomic mass is 79.9. The molecule has 0 saturated carbocycles. The van der Waals surface area contributed by atoms with Crippen molar-refractivity contribution in [2.45, 2.75) is 17.9 Å². The summed E-state index contributed by atoms with van der Waals surface area (Å²) in [6.07, 6.45) is 0. The number of halogens is 2. The van der Waals surface area contributed by atoms with E-state index in [1.165, 1.54) is 30.3 Å². The van der Waals surface area contributed by atoms with Gasteiger partial charge in [0.25, 0.3) is 10.0 Å². The molecule has 4 nitrogen and oxygen atoms in total. The average molecular weight is 373 g/mol. The molecule has 0 radical (unpaired) electrons. The van der Waals surface area contributed by atoms with Crippen molar-refractivity contribution in [3.05, 3.63) is 58.3 Å². The zero-order valence-electron chi connectivity index (χ0n) is 11.2. The van der Waals surface area contributed by atoms with Gasteiger partial charge in [-0.25, -0.2) is 12.8 Å². The van der Waals surface area contributed by atoms with E-state index in [2.05, 4.69) is 20.7 Å². The van der Waals surface area contributed by atoms with Gasteiger partial charge >= 0.3 is 0 Å². The van der Waals surface area contributed by atoms with Gasteiger partial charge in [-0.05, 0) is 58.7 Å². The molecule has 0 amide bonds. The molecule has 3 N–H and O–H groups in total. The smallest absolute Gasteiger partial charge is 0.261 e. The number of nitrogens with one attached hydrogen (secondary N) is 1. The van der Waals surface area contributed by atoms with Gasteiger partial charge in [0.1, 0.15) is 5.82 Å². The van der Waals surface area contributed by atoms with E-state index in [9.17, 15) is 12.8 Å². The Kier molecular flexibility index (Phi) is 4.65. The first-order valence-corrected chi connectivity index (χ1v) is 8.40. The van der Waals surface area contributed by atoms with Gasteiger partial charge in [-0.1, -0.05) is 12.1 Å². The molecule has 21 heavy (non-hydrogen) atoms. The molecule has 2 aromatic carbocycles. The minimum atomic E-state index is -3.72. The lowest BCUT2D eigenvalue weighted by Crippen LogP contribution is -2.13. The number of nitrogens with two attached hydrogens (primary N) is 1. The second kappa shape index (κ2) is 6.13. The summed E-state index contributed by atoms with van der Waals surface area (Å²) in [5.74, 6) is -0.459. The van der Waals surface area contributed by atoms with Crippen LogP contribution in [0.3, 0.4) is 0 Å². The summed E-state index contributed by atoms with van der Waals surface area (Å²) in [5, 5.41) is 0. The Morgan fingerprint density at radius 2 is 1.81 bits per heavy atom. The predicted molar refractivity (Wildman–Crippen MR) is 84.0 cm³/mol. The second-order valence-corrected chi connectivity index (χ2v) is 7.13. The van der Waals surface area contributed by atoms with Gasteiger partial charge in [-0.15, -0.1) is 0 Å². The zero-order chi connectivity index (χ0) is 15.6. The van der Waals surface area contributed by atoms with Crippen molar-refractivity contribution < 1.29 is 12.8 Å². The molecule has 7 heteroatoms. The molecule has 0 aliphatic rings. The Labute approximate surface area is 131 Å². The van der Waals surface area contributed by atoms with Gasteiger partial charge in [0.15, 0.2) is 0 Å². The fourth-order valence-corrected chi connectivity index (χ4v) is 3.15. The van der Waals surface area contributed by atoms with Crippen LogP contribution in [-0.2, 0) is 10.0 Å². The Balaban J connectivity index is 2.27. The SMILES string of the molecule is CC(N)c1ccc(S(=O)(=O)Nc2ccc(F)c(Br)c2)cc1. The molecule has 112 valence electrons. The van der Waals surface area contributed by atoms with Crippen molar-refractivity contribution in [2.24, 2.45) is 5.73 Å². The summed E-state index contributed by atoms with van der Waals surface area (Å²) < 4.78 is 40.2. The van der Waals surface area contributed by atoms with E-state index in [1.807, 2.05) is 6.92 Å². The predicted octanol–water partition coefficient (Wildman–Crippen LogP) is 3.41. The molecule has 0 heterocycles. The Morgan fingerprint density at radius 1 is 1.19 bits per heavy atom. The van der Waals surface area contributed by atoms with E-state index in [1.54, 1.807) is 12.1 Å². The molecule has 0 saturated heterocycles. The summed E-state index contributed by atoms with van der Waals surface area (Å²) in [6, 6.07) is 10.0. The summed E-state index contributed by atoms with van der Waals surface area (Å²) >= 11 is 3.01. The van der Waals surface area contributed by atoms with Crippen LogP contribution in [0.15, 0.2) is 51.8 Å². The van der Waals surface area contributed by atoms with Gasteiger partial charge in [-0.2, -0.15) is 0 Å². The number of hydrogen-bond acceptors (Lipinski definition) is 3. The third-order valence-corrected chi connectivity index (χ3v) is 4.89. The summed E-state index contributed by atoms with van der Waals surface area (Å²) in [4.78, 5) is 0.118. The molecule has 0 spiro atoms. The molecule has 0 aliphatic heterocycles. The van der Waals surface area contributed by atoms with Crippen LogP contribution >= 0.6 is 15.9 Å². The number of rotatable bonds is 4. The molecule has 2 aromatic rings. The molecule has 1 unspecified atom stereocenters. The Bertz CT molecular complexity index is 746. The molecule has 0 fully saturated rings. The second-order valence-electron chi connectivity index (χ2n) is 4.59. The molecular formula is C14H14BrFN2O2S. The highest BCUT2D eigenvalue weighted by Gasteiger charge is 2.15. The number of sulfonamides is 1. The minimum absolute atomic E-state index is 0.118. The lowest BCUT2D eigenvalue weighted by Gasteiger charge is -2.10. The van der Waals surface area contributed by atoms with Crippen LogP contribution in [0.1, 0.15) is 18.5 Å². The van der Waals surface area contributed by atoms with Gasteiger partial charge in [0, 0.05) is 6.04 Å². The number of benzene rings is 2. The van der Waals surface area contributed by atoms with Gasteiger partial charge < -0.3 is 5.73 Å². The zero-order valence-corrected chi connectivity index (χ0v) is 13.6. The first kappa shape index (κ1) is 15.9. The maximum atomic E-state index is 13.1. The van der Waals surface area contributed by atoms with Crippen molar-refractivity contribution in [3.8, 4) is 0 Å². The highest BCUT2D eigenvalue weighted by Crippen LogP contribution is 2.23. The van der Waals surface area contributed by atoms with Gasteiger partial charge in [0.05, 0.1) is 15.1 Å². The monoisotopic (exact) mass is 372 g/mol. The summed E-state index contributed by atoms with van der Waals surface area (Å²) in [7, 11) is -3.72. The third-order valence-electron chi connectivity index (χ3n) is 2.89. The lowest BCUT2D eigenvalue weighted by atomic mass is 10.1. The molecular weight excluding hydrogens is 359 g/mol. The van der Waals surface area contributed by atoms with E-state index < -0.39 is 15.8 Å². The van der Waals surface area contributed by atoms with E-state index >= 15 is 0 Å². The van der Waals surface area contributed by atoms with Crippen molar-refractivity contribution in [3.63, 3.8) is 0 Å². The number of anilines is 1. The largest absolute Gasteiger partial charge is 0.324 e. The first-order chi connectivity index (χ1) is 9.79. The summed E-state index contributed by atoms with van der Waals surface area (Å²) in [5.41, 5.74) is 6.84. The Morgan fingerprint density at radius 3 is 2.33 bits per heavy atom. The molecule has 2 rings (SSSR count). The van der Waals surface area contributed by atoms with E-state index in [0.29, 0.717) is 0 Å². The molecule has 0 bridgehead atoms. The van der Waals surface area contributed by atoms with E-state index in [0.717, 1.165) is 5.56 Å². The van der Waals surface area contributed by atoms with Crippen LogP contribution in [0.25, 0.3) is 0 Å². The molecule has 1 atom stereocenters. The standard InChI is InChI=1S/C14H14BrFN2O2S/c1-9(17)10-2-5-12(6-3-10)21(19,20)18-11-4-7-14(16)13(15)8-11/h2-9,18H,17H2,1H3. The van der Waals surface area contributed by atoms with Crippen LogP contribution in [0, 0.1) is 5.82 Å². The van der Waals surface area contributed by atoms with Gasteiger partial charge in [-0.3, -0.25) is 4.72 Å². The van der Waals surface area contributed by atoms with Crippen LogP contribution in [0.2, 0.25) is 0 Å². The average Bonchev–Trinajstić information content (AvgIpc) is 2.43. The van der Waals surface area contributed by atoms with E-state index in [-0.39, 0.29) is 21.1 Å². The van der Waals surface area contributed by atoms with Crippen LogP contribution in [-0.4, -0.2) is 8.42 Å². The van der Waals surface area contributed by atoms with Crippen molar-refractivity contribution >= 4 is 31.6 Å². The van der Waals surface area contributed by atoms with Crippen molar-refractivity contribution in [2.75, 3.05) is 4.72 Å². The normalized spacial score (nSPS) is 13.0. The van der Waals surface area contributed by atoms with Crippen molar-refractivity contribution in [1.82, 2.24) is 0 Å². The highest BCUT2D eigenvalue weighted by molar-refractivity contribution is 9.10. The van der Waals surface area contributed by atoms with Gasteiger partial charge in [0.2, 0.25) is 0 Å². The fraction of sp³-hybridized carbons (Fsp3) is 0.143.